The first kappa shape index (κ1) is 22.9. The van der Waals surface area contributed by atoms with Crippen molar-refractivity contribution in [3.8, 4) is 11.5 Å². The van der Waals surface area contributed by atoms with E-state index in [1.165, 1.54) is 25.7 Å². The Bertz CT molecular complexity index is 520. The molecule has 2 nitrogen and oxygen atoms in total. The SMILES string of the molecule is CCCC(C)CC(C)(C)c1cc(O)c(C(C)(C)CC(C)CCC)cc1O. The smallest absolute Gasteiger partial charge is 0.119 e. The summed E-state index contributed by atoms with van der Waals surface area (Å²) in [5.74, 6) is 1.84. The van der Waals surface area contributed by atoms with Gasteiger partial charge in [0.15, 0.2) is 0 Å². The minimum absolute atomic E-state index is 0.158. The highest BCUT2D eigenvalue weighted by Crippen LogP contribution is 2.44. The van der Waals surface area contributed by atoms with Gasteiger partial charge in [-0.15, -0.1) is 0 Å². The van der Waals surface area contributed by atoms with E-state index in [1.54, 1.807) is 0 Å². The molecule has 0 saturated heterocycles. The van der Waals surface area contributed by atoms with Gasteiger partial charge in [-0.1, -0.05) is 81.1 Å². The van der Waals surface area contributed by atoms with Crippen LogP contribution in [-0.4, -0.2) is 10.2 Å². The van der Waals surface area contributed by atoms with Gasteiger partial charge in [-0.25, -0.2) is 0 Å². The van der Waals surface area contributed by atoms with E-state index in [-0.39, 0.29) is 10.8 Å². The van der Waals surface area contributed by atoms with Crippen molar-refractivity contribution >= 4 is 0 Å². The molecule has 150 valence electrons. The molecule has 0 amide bonds. The molecule has 0 aliphatic rings. The lowest BCUT2D eigenvalue weighted by Gasteiger charge is -2.33. The van der Waals surface area contributed by atoms with Crippen LogP contribution in [0.5, 0.6) is 11.5 Å². The van der Waals surface area contributed by atoms with Crippen molar-refractivity contribution < 1.29 is 10.2 Å². The van der Waals surface area contributed by atoms with Gasteiger partial charge in [0, 0.05) is 11.1 Å². The summed E-state index contributed by atoms with van der Waals surface area (Å²) in [5.41, 5.74) is 1.40. The molecule has 1 aromatic carbocycles. The molecule has 0 aliphatic heterocycles. The van der Waals surface area contributed by atoms with Crippen LogP contribution in [-0.2, 0) is 10.8 Å². The zero-order valence-corrected chi connectivity index (χ0v) is 18.4. The molecule has 2 unspecified atom stereocenters. The number of hydrogen-bond acceptors (Lipinski definition) is 2. The van der Waals surface area contributed by atoms with Crippen molar-refractivity contribution in [2.24, 2.45) is 11.8 Å². The summed E-state index contributed by atoms with van der Waals surface area (Å²) in [7, 11) is 0. The van der Waals surface area contributed by atoms with Gasteiger partial charge in [0.1, 0.15) is 11.5 Å². The van der Waals surface area contributed by atoms with E-state index < -0.39 is 0 Å². The molecule has 1 rings (SSSR count). The average Bonchev–Trinajstić information content (AvgIpc) is 2.48. The highest BCUT2D eigenvalue weighted by molar-refractivity contribution is 5.50. The predicted molar refractivity (Wildman–Crippen MR) is 113 cm³/mol. The normalized spacial score (nSPS) is 15.1. The monoisotopic (exact) mass is 362 g/mol. The third kappa shape index (κ3) is 5.93. The maximum atomic E-state index is 10.8. The second-order valence-corrected chi connectivity index (χ2v) is 9.85. The molecule has 1 aromatic rings. The number of benzene rings is 1. The van der Waals surface area contributed by atoms with Crippen molar-refractivity contribution in [3.05, 3.63) is 23.3 Å². The molecule has 26 heavy (non-hydrogen) atoms. The van der Waals surface area contributed by atoms with Gasteiger partial charge in [-0.05, 0) is 47.6 Å². The van der Waals surface area contributed by atoms with Crippen LogP contribution in [0.25, 0.3) is 0 Å². The van der Waals surface area contributed by atoms with Gasteiger partial charge in [-0.3, -0.25) is 0 Å². The fourth-order valence-corrected chi connectivity index (χ4v) is 4.81. The summed E-state index contributed by atoms with van der Waals surface area (Å²) in [4.78, 5) is 0. The maximum Gasteiger partial charge on any atom is 0.119 e. The van der Waals surface area contributed by atoms with Gasteiger partial charge in [-0.2, -0.15) is 0 Å². The van der Waals surface area contributed by atoms with Crippen molar-refractivity contribution in [1.29, 1.82) is 0 Å². The molecule has 0 bridgehead atoms. The number of phenols is 2. The maximum absolute atomic E-state index is 10.8. The summed E-state index contributed by atoms with van der Waals surface area (Å²) in [5, 5.41) is 21.6. The van der Waals surface area contributed by atoms with Crippen molar-refractivity contribution in [3.63, 3.8) is 0 Å². The lowest BCUT2D eigenvalue weighted by Crippen LogP contribution is -2.23. The van der Waals surface area contributed by atoms with E-state index in [9.17, 15) is 10.2 Å². The lowest BCUT2D eigenvalue weighted by molar-refractivity contribution is 0.333. The Balaban J connectivity index is 3.14. The fraction of sp³-hybridized carbons (Fsp3) is 0.750. The quantitative estimate of drug-likeness (QED) is 0.428. The second kappa shape index (κ2) is 9.15. The number of rotatable bonds is 10. The first-order chi connectivity index (χ1) is 11.9. The number of aromatic hydroxyl groups is 2. The molecule has 0 heterocycles. The van der Waals surface area contributed by atoms with E-state index in [0.717, 1.165) is 24.0 Å². The summed E-state index contributed by atoms with van der Waals surface area (Å²) in [6, 6.07) is 3.63. The third-order valence-electron chi connectivity index (χ3n) is 5.85. The van der Waals surface area contributed by atoms with Crippen molar-refractivity contribution in [2.75, 3.05) is 0 Å². The molecular weight excluding hydrogens is 320 g/mol. The Labute approximate surface area is 162 Å². The Kier molecular flexibility index (Phi) is 8.04. The van der Waals surface area contributed by atoms with Gasteiger partial charge < -0.3 is 10.2 Å². The van der Waals surface area contributed by atoms with E-state index >= 15 is 0 Å². The first-order valence-corrected chi connectivity index (χ1v) is 10.5. The summed E-state index contributed by atoms with van der Waals surface area (Å²) >= 11 is 0. The number of hydrogen-bond donors (Lipinski definition) is 2. The summed E-state index contributed by atoms with van der Waals surface area (Å²) in [6.07, 6.45) is 6.75. The molecule has 2 N–H and O–H groups in total. The Morgan fingerprint density at radius 2 is 1.04 bits per heavy atom. The minimum atomic E-state index is -0.158. The van der Waals surface area contributed by atoms with Crippen LogP contribution in [0.2, 0.25) is 0 Å². The zero-order chi connectivity index (χ0) is 20.1. The fourth-order valence-electron chi connectivity index (χ4n) is 4.81. The van der Waals surface area contributed by atoms with Gasteiger partial charge in [0.25, 0.3) is 0 Å². The molecule has 0 fully saturated rings. The van der Waals surface area contributed by atoms with Crippen LogP contribution in [0, 0.1) is 11.8 Å². The summed E-state index contributed by atoms with van der Waals surface area (Å²) < 4.78 is 0. The van der Waals surface area contributed by atoms with E-state index in [0.29, 0.717) is 23.3 Å². The Hall–Kier alpha value is -1.18. The molecule has 0 saturated carbocycles. The van der Waals surface area contributed by atoms with Crippen LogP contribution in [0.4, 0.5) is 0 Å². The third-order valence-corrected chi connectivity index (χ3v) is 5.85. The largest absolute Gasteiger partial charge is 0.508 e. The lowest BCUT2D eigenvalue weighted by atomic mass is 9.72. The van der Waals surface area contributed by atoms with E-state index in [1.807, 2.05) is 12.1 Å². The Morgan fingerprint density at radius 3 is 1.31 bits per heavy atom. The summed E-state index contributed by atoms with van der Waals surface area (Å²) in [6.45, 7) is 17.6. The molecular formula is C24H42O2. The minimum Gasteiger partial charge on any atom is -0.508 e. The predicted octanol–water partition coefficient (Wildman–Crippen LogP) is 7.31. The zero-order valence-electron chi connectivity index (χ0n) is 18.4. The van der Waals surface area contributed by atoms with Crippen molar-refractivity contribution in [1.82, 2.24) is 0 Å². The van der Waals surface area contributed by atoms with Gasteiger partial charge in [0.05, 0.1) is 0 Å². The Morgan fingerprint density at radius 1 is 0.731 bits per heavy atom. The highest BCUT2D eigenvalue weighted by Gasteiger charge is 2.31. The standard InChI is InChI=1S/C24H42O2/c1-9-11-17(3)15-23(5,6)19-13-22(26)20(14-21(19)25)24(7,8)16-18(4)12-10-2/h13-14,17-18,25-26H,9-12,15-16H2,1-8H3. The van der Waals surface area contributed by atoms with Crippen LogP contribution in [0.15, 0.2) is 12.1 Å². The van der Waals surface area contributed by atoms with Crippen LogP contribution in [0.1, 0.15) is 105 Å². The molecule has 2 heteroatoms. The van der Waals surface area contributed by atoms with Crippen molar-refractivity contribution in [2.45, 2.75) is 105 Å². The topological polar surface area (TPSA) is 40.5 Å². The van der Waals surface area contributed by atoms with E-state index in [2.05, 4.69) is 55.4 Å². The van der Waals surface area contributed by atoms with Gasteiger partial charge >= 0.3 is 0 Å². The molecule has 0 radical (unpaired) electrons. The average molecular weight is 363 g/mol. The van der Waals surface area contributed by atoms with Crippen LogP contribution in [0.3, 0.4) is 0 Å². The molecule has 0 spiro atoms. The molecule has 0 aliphatic carbocycles. The van der Waals surface area contributed by atoms with E-state index in [4.69, 9.17) is 0 Å². The number of phenolic OH excluding ortho intramolecular Hbond substituents is 2. The second-order valence-electron chi connectivity index (χ2n) is 9.85. The van der Waals surface area contributed by atoms with Gasteiger partial charge in [0.2, 0.25) is 0 Å². The molecule has 0 aromatic heterocycles. The van der Waals surface area contributed by atoms with Crippen LogP contribution < -0.4 is 0 Å². The molecule has 2 atom stereocenters. The first-order valence-electron chi connectivity index (χ1n) is 10.5. The highest BCUT2D eigenvalue weighted by atomic mass is 16.3. The van der Waals surface area contributed by atoms with Crippen LogP contribution >= 0.6 is 0 Å².